The standard InChI is InChI=1S/C22H27N3S/c1-7-11-17-12-10-13-18(14-17)19-15-20(26-16(19)4)22(5,8-2)24-21(23)25(6)9-3/h9-10,12-15H,3,8H2,1-2,4-6H3,(H2,23,24)/t22-/m0/s1. The van der Waals surface area contributed by atoms with E-state index in [0.717, 1.165) is 12.0 Å². The van der Waals surface area contributed by atoms with Gasteiger partial charge in [-0.3, -0.25) is 0 Å². The molecule has 1 heterocycles. The summed E-state index contributed by atoms with van der Waals surface area (Å²) in [6.07, 6.45) is 2.53. The monoisotopic (exact) mass is 365 g/mol. The lowest BCUT2D eigenvalue weighted by molar-refractivity contribution is 0.478. The van der Waals surface area contributed by atoms with E-state index in [4.69, 9.17) is 10.7 Å². The lowest BCUT2D eigenvalue weighted by Gasteiger charge is -2.25. The maximum atomic E-state index is 6.13. The van der Waals surface area contributed by atoms with E-state index in [1.807, 2.05) is 20.0 Å². The van der Waals surface area contributed by atoms with Crippen molar-refractivity contribution in [3.63, 3.8) is 0 Å². The van der Waals surface area contributed by atoms with E-state index in [0.29, 0.717) is 5.96 Å². The van der Waals surface area contributed by atoms with Crippen molar-refractivity contribution in [1.29, 1.82) is 0 Å². The van der Waals surface area contributed by atoms with Gasteiger partial charge in [0.2, 0.25) is 0 Å². The van der Waals surface area contributed by atoms with Crippen molar-refractivity contribution >= 4 is 17.3 Å². The molecule has 136 valence electrons. The molecule has 2 N–H and O–H groups in total. The van der Waals surface area contributed by atoms with Crippen LogP contribution in [0.15, 0.2) is 48.1 Å². The van der Waals surface area contributed by atoms with Crippen molar-refractivity contribution in [2.24, 2.45) is 10.7 Å². The van der Waals surface area contributed by atoms with Crippen molar-refractivity contribution in [2.45, 2.75) is 39.7 Å². The van der Waals surface area contributed by atoms with Crippen LogP contribution in [0, 0.1) is 18.8 Å². The van der Waals surface area contributed by atoms with Crippen LogP contribution in [-0.4, -0.2) is 17.9 Å². The summed E-state index contributed by atoms with van der Waals surface area (Å²) in [6.45, 7) is 12.0. The maximum Gasteiger partial charge on any atom is 0.195 e. The van der Waals surface area contributed by atoms with Gasteiger partial charge in [-0.2, -0.15) is 0 Å². The van der Waals surface area contributed by atoms with E-state index in [1.54, 1.807) is 22.4 Å². The molecular weight excluding hydrogens is 338 g/mol. The molecular formula is C22H27N3S. The first-order valence-corrected chi connectivity index (χ1v) is 9.51. The molecule has 0 radical (unpaired) electrons. The highest BCUT2D eigenvalue weighted by Gasteiger charge is 2.28. The molecule has 0 fully saturated rings. The van der Waals surface area contributed by atoms with Crippen molar-refractivity contribution < 1.29 is 0 Å². The van der Waals surface area contributed by atoms with Gasteiger partial charge in [0.05, 0.1) is 5.54 Å². The Kier molecular flexibility index (Phi) is 6.28. The fourth-order valence-corrected chi connectivity index (χ4v) is 3.88. The Bertz CT molecular complexity index is 882. The second-order valence-electron chi connectivity index (χ2n) is 6.43. The fraction of sp³-hybridized carbons (Fsp3) is 0.318. The van der Waals surface area contributed by atoms with E-state index >= 15 is 0 Å². The molecule has 0 aliphatic carbocycles. The fourth-order valence-electron chi connectivity index (χ4n) is 2.68. The first-order chi connectivity index (χ1) is 12.3. The Balaban J connectivity index is 2.49. The highest BCUT2D eigenvalue weighted by atomic mass is 32.1. The molecule has 0 spiro atoms. The minimum absolute atomic E-state index is 0.365. The number of hydrogen-bond acceptors (Lipinski definition) is 2. The third-order valence-electron chi connectivity index (χ3n) is 4.58. The Morgan fingerprint density at radius 1 is 1.42 bits per heavy atom. The van der Waals surface area contributed by atoms with Crippen molar-refractivity contribution in [3.05, 3.63) is 58.4 Å². The molecule has 1 aromatic carbocycles. The largest absolute Gasteiger partial charge is 0.370 e. The molecule has 0 aliphatic heterocycles. The van der Waals surface area contributed by atoms with Crippen LogP contribution in [0.25, 0.3) is 11.1 Å². The van der Waals surface area contributed by atoms with Gasteiger partial charge in [-0.05, 0) is 62.7 Å². The lowest BCUT2D eigenvalue weighted by atomic mass is 9.95. The Labute approximate surface area is 161 Å². The number of benzene rings is 1. The van der Waals surface area contributed by atoms with Gasteiger partial charge in [-0.15, -0.1) is 17.3 Å². The van der Waals surface area contributed by atoms with Gasteiger partial charge in [0.1, 0.15) is 0 Å². The summed E-state index contributed by atoms with van der Waals surface area (Å²) in [5, 5.41) is 0. The summed E-state index contributed by atoms with van der Waals surface area (Å²) in [4.78, 5) is 9.02. The van der Waals surface area contributed by atoms with Crippen LogP contribution in [0.3, 0.4) is 0 Å². The molecule has 0 amide bonds. The zero-order chi connectivity index (χ0) is 19.3. The van der Waals surface area contributed by atoms with Gasteiger partial charge in [0.15, 0.2) is 5.96 Å². The second-order valence-corrected chi connectivity index (χ2v) is 7.68. The van der Waals surface area contributed by atoms with Gasteiger partial charge in [0, 0.05) is 22.4 Å². The number of hydrogen-bond donors (Lipinski definition) is 1. The number of rotatable bonds is 5. The van der Waals surface area contributed by atoms with Crippen molar-refractivity contribution in [2.75, 3.05) is 7.05 Å². The third kappa shape index (κ3) is 4.17. The van der Waals surface area contributed by atoms with Gasteiger partial charge in [0.25, 0.3) is 0 Å². The van der Waals surface area contributed by atoms with E-state index in [1.165, 1.54) is 20.9 Å². The highest BCUT2D eigenvalue weighted by molar-refractivity contribution is 7.12. The Morgan fingerprint density at radius 2 is 2.15 bits per heavy atom. The van der Waals surface area contributed by atoms with E-state index in [9.17, 15) is 0 Å². The molecule has 26 heavy (non-hydrogen) atoms. The molecule has 1 aromatic heterocycles. The number of nitrogens with zero attached hydrogens (tertiary/aromatic N) is 2. The first-order valence-electron chi connectivity index (χ1n) is 8.69. The van der Waals surface area contributed by atoms with E-state index < -0.39 is 0 Å². The molecule has 0 unspecified atom stereocenters. The van der Waals surface area contributed by atoms with Crippen LogP contribution in [-0.2, 0) is 5.54 Å². The van der Waals surface area contributed by atoms with Crippen LogP contribution in [0.4, 0.5) is 0 Å². The van der Waals surface area contributed by atoms with Crippen LogP contribution in [0.2, 0.25) is 0 Å². The molecule has 3 nitrogen and oxygen atoms in total. The van der Waals surface area contributed by atoms with E-state index in [-0.39, 0.29) is 5.54 Å². The minimum atomic E-state index is -0.365. The van der Waals surface area contributed by atoms with Crippen molar-refractivity contribution in [1.82, 2.24) is 4.90 Å². The van der Waals surface area contributed by atoms with Crippen LogP contribution in [0.5, 0.6) is 0 Å². The number of aryl methyl sites for hydroxylation is 1. The number of guanidine groups is 1. The zero-order valence-electron chi connectivity index (χ0n) is 16.3. The maximum absolute atomic E-state index is 6.13. The lowest BCUT2D eigenvalue weighted by Crippen LogP contribution is -2.33. The average molecular weight is 366 g/mol. The smallest absolute Gasteiger partial charge is 0.195 e. The molecule has 0 bridgehead atoms. The predicted octanol–water partition coefficient (Wildman–Crippen LogP) is 5.11. The summed E-state index contributed by atoms with van der Waals surface area (Å²) in [7, 11) is 1.85. The highest BCUT2D eigenvalue weighted by Crippen LogP contribution is 2.40. The Morgan fingerprint density at radius 3 is 2.77 bits per heavy atom. The summed E-state index contributed by atoms with van der Waals surface area (Å²) in [5.74, 6) is 6.56. The van der Waals surface area contributed by atoms with E-state index in [2.05, 4.69) is 63.5 Å². The number of thiophene rings is 1. The molecule has 0 saturated heterocycles. The van der Waals surface area contributed by atoms with Crippen LogP contribution < -0.4 is 5.73 Å². The molecule has 1 atom stereocenters. The quantitative estimate of drug-likeness (QED) is 0.454. The second kappa shape index (κ2) is 8.25. The predicted molar refractivity (Wildman–Crippen MR) is 114 cm³/mol. The van der Waals surface area contributed by atoms with Gasteiger partial charge >= 0.3 is 0 Å². The SMILES string of the molecule is C=CN(C)C(N)=N[C@@](C)(CC)c1cc(-c2cccc(C#CC)c2)c(C)s1. The molecule has 2 rings (SSSR count). The summed E-state index contributed by atoms with van der Waals surface area (Å²) in [5.41, 5.74) is 9.21. The molecule has 0 aliphatic rings. The van der Waals surface area contributed by atoms with Gasteiger partial charge in [-0.25, -0.2) is 4.99 Å². The number of nitrogens with two attached hydrogens (primary N) is 1. The van der Waals surface area contributed by atoms with Gasteiger partial charge in [-0.1, -0.05) is 31.6 Å². The Hall–Kier alpha value is -2.51. The normalized spacial score (nSPS) is 13.5. The first kappa shape index (κ1) is 19.8. The molecule has 0 saturated carbocycles. The van der Waals surface area contributed by atoms with Crippen LogP contribution in [0.1, 0.15) is 42.5 Å². The van der Waals surface area contributed by atoms with Crippen LogP contribution >= 0.6 is 11.3 Å². The average Bonchev–Trinajstić information content (AvgIpc) is 3.03. The molecule has 2 aromatic rings. The van der Waals surface area contributed by atoms with Crippen molar-refractivity contribution in [3.8, 4) is 23.0 Å². The zero-order valence-corrected chi connectivity index (χ0v) is 17.1. The minimum Gasteiger partial charge on any atom is -0.370 e. The summed E-state index contributed by atoms with van der Waals surface area (Å²) in [6, 6.07) is 10.6. The third-order valence-corrected chi connectivity index (χ3v) is 5.88. The summed E-state index contributed by atoms with van der Waals surface area (Å²) < 4.78 is 0. The molecule has 4 heteroatoms. The number of aliphatic imine (C=N–C) groups is 1. The summed E-state index contributed by atoms with van der Waals surface area (Å²) >= 11 is 1.78. The topological polar surface area (TPSA) is 41.6 Å². The van der Waals surface area contributed by atoms with Gasteiger partial charge < -0.3 is 10.6 Å².